The molecule has 0 amide bonds. The minimum absolute atomic E-state index is 0.279. The van der Waals surface area contributed by atoms with Crippen LogP contribution < -0.4 is 10.6 Å². The van der Waals surface area contributed by atoms with Gasteiger partial charge in [0.15, 0.2) is 0 Å². The van der Waals surface area contributed by atoms with Crippen molar-refractivity contribution in [2.75, 3.05) is 13.6 Å². The van der Waals surface area contributed by atoms with Crippen LogP contribution in [-0.4, -0.2) is 40.8 Å². The molecular formula is C21H23F3N2O5. The van der Waals surface area contributed by atoms with E-state index in [1.807, 2.05) is 30.3 Å². The molecule has 0 saturated heterocycles. The third-order valence-electron chi connectivity index (χ3n) is 3.74. The highest BCUT2D eigenvalue weighted by Crippen LogP contribution is 2.31. The molecule has 1 unspecified atom stereocenters. The number of carboxylic acids is 2. The van der Waals surface area contributed by atoms with E-state index in [0.29, 0.717) is 30.9 Å². The Morgan fingerprint density at radius 2 is 1.55 bits per heavy atom. The number of hydrazine groups is 1. The number of hydrogen-bond acceptors (Lipinski definition) is 5. The van der Waals surface area contributed by atoms with Crippen LogP contribution in [-0.2, 0) is 15.8 Å². The van der Waals surface area contributed by atoms with Gasteiger partial charge in [-0.15, -0.1) is 0 Å². The Kier molecular flexibility index (Phi) is 10.2. The second kappa shape index (κ2) is 12.4. The third-order valence-corrected chi connectivity index (χ3v) is 3.74. The van der Waals surface area contributed by atoms with Gasteiger partial charge in [-0.05, 0) is 29.8 Å². The summed E-state index contributed by atoms with van der Waals surface area (Å²) in [4.78, 5) is 19.1. The average Bonchev–Trinajstić information content (AvgIpc) is 2.70. The number of ether oxygens (including phenoxy) is 1. The van der Waals surface area contributed by atoms with E-state index >= 15 is 0 Å². The van der Waals surface area contributed by atoms with Gasteiger partial charge in [0.2, 0.25) is 0 Å². The van der Waals surface area contributed by atoms with E-state index in [0.717, 1.165) is 17.7 Å². The van der Waals surface area contributed by atoms with Crippen LogP contribution in [0.4, 0.5) is 13.2 Å². The highest BCUT2D eigenvalue weighted by atomic mass is 19.4. The van der Waals surface area contributed by atoms with E-state index in [4.69, 9.17) is 20.8 Å². The Balaban J connectivity index is 0.000000512. The summed E-state index contributed by atoms with van der Waals surface area (Å²) in [5.74, 6) is 3.51. The van der Waals surface area contributed by atoms with Gasteiger partial charge in [0, 0.05) is 32.2 Å². The number of nitrogens with two attached hydrogens (primary N) is 1. The fourth-order valence-corrected chi connectivity index (χ4v) is 2.31. The lowest BCUT2D eigenvalue weighted by molar-refractivity contribution is -0.137. The minimum atomic E-state index is -4.35. The van der Waals surface area contributed by atoms with E-state index in [1.165, 1.54) is 12.1 Å². The molecule has 0 bridgehead atoms. The van der Waals surface area contributed by atoms with Crippen molar-refractivity contribution in [2.45, 2.75) is 18.7 Å². The van der Waals surface area contributed by atoms with E-state index in [1.54, 1.807) is 12.1 Å². The first-order valence-corrected chi connectivity index (χ1v) is 8.97. The van der Waals surface area contributed by atoms with E-state index in [9.17, 15) is 22.8 Å². The Labute approximate surface area is 177 Å². The van der Waals surface area contributed by atoms with Crippen molar-refractivity contribution in [3.63, 3.8) is 0 Å². The van der Waals surface area contributed by atoms with Crippen molar-refractivity contribution in [1.29, 1.82) is 0 Å². The van der Waals surface area contributed by atoms with Gasteiger partial charge in [-0.1, -0.05) is 30.3 Å². The van der Waals surface area contributed by atoms with Crippen LogP contribution in [0.2, 0.25) is 0 Å². The Hall–Kier alpha value is -3.37. The molecule has 0 aliphatic carbocycles. The van der Waals surface area contributed by atoms with Crippen LogP contribution in [0.25, 0.3) is 0 Å². The largest absolute Gasteiger partial charge is 0.486 e. The van der Waals surface area contributed by atoms with Gasteiger partial charge in [-0.25, -0.2) is 9.59 Å². The zero-order valence-electron chi connectivity index (χ0n) is 16.6. The number of hydrogen-bond donors (Lipinski definition) is 3. The molecule has 0 aromatic heterocycles. The maximum absolute atomic E-state index is 12.6. The van der Waals surface area contributed by atoms with Gasteiger partial charge in [-0.2, -0.15) is 13.2 Å². The smallest absolute Gasteiger partial charge is 0.416 e. The van der Waals surface area contributed by atoms with Crippen molar-refractivity contribution in [2.24, 2.45) is 5.84 Å². The number of rotatable bonds is 8. The molecule has 7 nitrogen and oxygen atoms in total. The molecule has 4 N–H and O–H groups in total. The van der Waals surface area contributed by atoms with E-state index in [-0.39, 0.29) is 6.10 Å². The predicted octanol–water partition coefficient (Wildman–Crippen LogP) is 3.73. The second-order valence-corrected chi connectivity index (χ2v) is 6.32. The molecule has 0 spiro atoms. The monoisotopic (exact) mass is 440 g/mol. The normalized spacial score (nSPS) is 12.2. The molecule has 168 valence electrons. The molecule has 0 fully saturated rings. The minimum Gasteiger partial charge on any atom is -0.486 e. The lowest BCUT2D eigenvalue weighted by Crippen LogP contribution is -2.28. The second-order valence-electron chi connectivity index (χ2n) is 6.32. The Morgan fingerprint density at radius 3 is 1.97 bits per heavy atom. The van der Waals surface area contributed by atoms with Gasteiger partial charge >= 0.3 is 18.1 Å². The standard InChI is InChI=1S/C17H19F3N2O.C4H4O4/c1-22(21)12-11-16(13-5-3-2-4-6-13)23-15-9-7-14(8-10-15)17(18,19)20;5-3(6)1-2-4(7)8/h2-10,16H,11-12,21H2,1H3;1-2H,(H,5,6)(H,7,8)/b;2-1-. The molecule has 2 rings (SSSR count). The number of carboxylic acid groups (broad SMARTS) is 2. The number of carbonyl (C=O) groups is 2. The zero-order valence-corrected chi connectivity index (χ0v) is 16.6. The first-order chi connectivity index (χ1) is 14.5. The molecule has 1 atom stereocenters. The maximum atomic E-state index is 12.6. The summed E-state index contributed by atoms with van der Waals surface area (Å²) < 4.78 is 43.7. The molecule has 0 aliphatic heterocycles. The molecule has 2 aromatic carbocycles. The van der Waals surface area contributed by atoms with Crippen molar-refractivity contribution >= 4 is 11.9 Å². The number of benzene rings is 2. The maximum Gasteiger partial charge on any atom is 0.416 e. The molecule has 0 heterocycles. The number of aliphatic carboxylic acids is 2. The highest BCUT2D eigenvalue weighted by Gasteiger charge is 2.30. The van der Waals surface area contributed by atoms with Crippen LogP contribution in [0.15, 0.2) is 66.7 Å². The molecule has 31 heavy (non-hydrogen) atoms. The van der Waals surface area contributed by atoms with Gasteiger partial charge in [0.1, 0.15) is 11.9 Å². The van der Waals surface area contributed by atoms with Crippen LogP contribution in [0.5, 0.6) is 5.75 Å². The number of nitrogens with zero attached hydrogens (tertiary/aromatic N) is 1. The fourth-order valence-electron chi connectivity index (χ4n) is 2.31. The number of halogens is 3. The third kappa shape index (κ3) is 10.8. The van der Waals surface area contributed by atoms with Crippen molar-refractivity contribution in [1.82, 2.24) is 5.01 Å². The van der Waals surface area contributed by atoms with Crippen molar-refractivity contribution in [3.05, 3.63) is 77.9 Å². The lowest BCUT2D eigenvalue weighted by Gasteiger charge is -2.21. The molecule has 0 aliphatic rings. The zero-order chi connectivity index (χ0) is 23.4. The summed E-state index contributed by atoms with van der Waals surface area (Å²) in [6.45, 7) is 0.597. The topological polar surface area (TPSA) is 113 Å². The molecule has 10 heteroatoms. The quantitative estimate of drug-likeness (QED) is 0.326. The average molecular weight is 440 g/mol. The van der Waals surface area contributed by atoms with Crippen molar-refractivity contribution in [3.8, 4) is 5.75 Å². The van der Waals surface area contributed by atoms with E-state index in [2.05, 4.69) is 0 Å². The summed E-state index contributed by atoms with van der Waals surface area (Å²) in [5, 5.41) is 17.2. The van der Waals surface area contributed by atoms with Gasteiger partial charge in [0.25, 0.3) is 0 Å². The Morgan fingerprint density at radius 1 is 1.03 bits per heavy atom. The Bertz CT molecular complexity index is 838. The van der Waals surface area contributed by atoms with Gasteiger partial charge in [0.05, 0.1) is 5.56 Å². The summed E-state index contributed by atoms with van der Waals surface area (Å²) in [6, 6.07) is 14.2. The van der Waals surface area contributed by atoms with Gasteiger partial charge < -0.3 is 14.9 Å². The summed E-state index contributed by atoms with van der Waals surface area (Å²) in [7, 11) is 1.75. The summed E-state index contributed by atoms with van der Waals surface area (Å²) in [6.07, 6.45) is -2.89. The highest BCUT2D eigenvalue weighted by molar-refractivity contribution is 5.89. The van der Waals surface area contributed by atoms with E-state index < -0.39 is 23.7 Å². The molecule has 0 saturated carbocycles. The lowest BCUT2D eigenvalue weighted by atomic mass is 10.1. The van der Waals surface area contributed by atoms with Crippen LogP contribution in [0, 0.1) is 0 Å². The molecule has 0 radical (unpaired) electrons. The van der Waals surface area contributed by atoms with Crippen LogP contribution >= 0.6 is 0 Å². The van der Waals surface area contributed by atoms with Crippen molar-refractivity contribution < 1.29 is 37.7 Å². The number of alkyl halides is 3. The fraction of sp³-hybridized carbons (Fsp3) is 0.238. The van der Waals surface area contributed by atoms with Crippen LogP contribution in [0.3, 0.4) is 0 Å². The van der Waals surface area contributed by atoms with Gasteiger partial charge in [-0.3, -0.25) is 10.9 Å². The predicted molar refractivity (Wildman–Crippen MR) is 107 cm³/mol. The molecule has 2 aromatic rings. The molecular weight excluding hydrogens is 417 g/mol. The summed E-state index contributed by atoms with van der Waals surface area (Å²) >= 11 is 0. The first-order valence-electron chi connectivity index (χ1n) is 8.97. The SMILES string of the molecule is CN(N)CCC(Oc1ccc(C(F)(F)F)cc1)c1ccccc1.O=C(O)/C=C\C(=O)O. The first kappa shape index (κ1) is 25.7. The van der Waals surface area contributed by atoms with Crippen LogP contribution in [0.1, 0.15) is 23.7 Å². The summed E-state index contributed by atoms with van der Waals surface area (Å²) in [5.41, 5.74) is 0.261.